The van der Waals surface area contributed by atoms with E-state index in [9.17, 15) is 9.59 Å². The van der Waals surface area contributed by atoms with Crippen LogP contribution in [0.5, 0.6) is 0 Å². The van der Waals surface area contributed by atoms with Gasteiger partial charge in [-0.1, -0.05) is 6.08 Å². The summed E-state index contributed by atoms with van der Waals surface area (Å²) in [6.07, 6.45) is 4.32. The first-order valence-corrected chi connectivity index (χ1v) is 4.12. The maximum absolute atomic E-state index is 10.6. The van der Waals surface area contributed by atoms with Gasteiger partial charge in [-0.25, -0.2) is 4.79 Å². The zero-order chi connectivity index (χ0) is 9.84. The van der Waals surface area contributed by atoms with Crippen LogP contribution in [-0.4, -0.2) is 24.2 Å². The molecule has 0 aromatic carbocycles. The summed E-state index contributed by atoms with van der Waals surface area (Å²) in [5, 5.41) is 8.56. The average molecular weight is 184 g/mol. The highest BCUT2D eigenvalue weighted by atomic mass is 16.5. The number of carbonyl (C=O) groups is 2. The third-order valence-electron chi connectivity index (χ3n) is 2.23. The fourth-order valence-corrected chi connectivity index (χ4v) is 1.30. The minimum Gasteiger partial charge on any atom is -0.481 e. The third-order valence-corrected chi connectivity index (χ3v) is 2.23. The first kappa shape index (κ1) is 9.77. The Morgan fingerprint density at radius 1 is 1.46 bits per heavy atom. The Hall–Kier alpha value is -1.32. The molecule has 1 N–H and O–H groups in total. The van der Waals surface area contributed by atoms with Crippen LogP contribution in [0.15, 0.2) is 12.2 Å². The molecule has 72 valence electrons. The van der Waals surface area contributed by atoms with Crippen LogP contribution < -0.4 is 0 Å². The zero-order valence-corrected chi connectivity index (χ0v) is 7.40. The standard InChI is InChI=1S/C9H12O4/c1-13-8(10)3-2-6-4-7(5-6)9(11)12/h2-3,6-7H,4-5H2,1H3,(H,11,12). The van der Waals surface area contributed by atoms with Crippen molar-refractivity contribution in [2.75, 3.05) is 7.11 Å². The maximum atomic E-state index is 10.6. The van der Waals surface area contributed by atoms with Crippen molar-refractivity contribution in [1.29, 1.82) is 0 Å². The van der Waals surface area contributed by atoms with E-state index < -0.39 is 11.9 Å². The third kappa shape index (κ3) is 2.57. The van der Waals surface area contributed by atoms with Crippen molar-refractivity contribution in [1.82, 2.24) is 0 Å². The molecule has 0 unspecified atom stereocenters. The lowest BCUT2D eigenvalue weighted by Crippen LogP contribution is -2.29. The van der Waals surface area contributed by atoms with Crippen molar-refractivity contribution < 1.29 is 19.4 Å². The summed E-state index contributed by atoms with van der Waals surface area (Å²) in [4.78, 5) is 21.1. The second kappa shape index (κ2) is 4.07. The summed E-state index contributed by atoms with van der Waals surface area (Å²) in [5.41, 5.74) is 0. The van der Waals surface area contributed by atoms with Crippen LogP contribution in [0, 0.1) is 11.8 Å². The molecule has 0 heterocycles. The van der Waals surface area contributed by atoms with Crippen molar-refractivity contribution in [2.24, 2.45) is 11.8 Å². The monoisotopic (exact) mass is 184 g/mol. The quantitative estimate of drug-likeness (QED) is 0.521. The molecule has 13 heavy (non-hydrogen) atoms. The number of hydrogen-bond acceptors (Lipinski definition) is 3. The second-order valence-electron chi connectivity index (χ2n) is 3.15. The van der Waals surface area contributed by atoms with Gasteiger partial charge in [-0.3, -0.25) is 4.79 Å². The Morgan fingerprint density at radius 3 is 2.54 bits per heavy atom. The summed E-state index contributed by atoms with van der Waals surface area (Å²) < 4.78 is 4.40. The smallest absolute Gasteiger partial charge is 0.330 e. The van der Waals surface area contributed by atoms with Gasteiger partial charge in [0.1, 0.15) is 0 Å². The minimum atomic E-state index is -0.747. The summed E-state index contributed by atoms with van der Waals surface area (Å²) in [7, 11) is 1.31. The fraction of sp³-hybridized carbons (Fsp3) is 0.556. The largest absolute Gasteiger partial charge is 0.481 e. The number of carboxylic acid groups (broad SMARTS) is 1. The van der Waals surface area contributed by atoms with E-state index in [2.05, 4.69) is 4.74 Å². The van der Waals surface area contributed by atoms with Crippen molar-refractivity contribution >= 4 is 11.9 Å². The number of carbonyl (C=O) groups excluding carboxylic acids is 1. The molecule has 4 heteroatoms. The SMILES string of the molecule is COC(=O)C=CC1CC(C(=O)O)C1. The highest BCUT2D eigenvalue weighted by Crippen LogP contribution is 2.34. The normalized spacial score (nSPS) is 26.8. The molecule has 0 amide bonds. The van der Waals surface area contributed by atoms with Gasteiger partial charge in [0.15, 0.2) is 0 Å². The molecular weight excluding hydrogens is 172 g/mol. The Balaban J connectivity index is 2.25. The number of hydrogen-bond donors (Lipinski definition) is 1. The molecule has 0 atom stereocenters. The minimum absolute atomic E-state index is 0.222. The summed E-state index contributed by atoms with van der Waals surface area (Å²) >= 11 is 0. The maximum Gasteiger partial charge on any atom is 0.330 e. The highest BCUT2D eigenvalue weighted by molar-refractivity contribution is 5.81. The predicted octanol–water partition coefficient (Wildman–Crippen LogP) is 0.826. The number of esters is 1. The van der Waals surface area contributed by atoms with Crippen LogP contribution in [0.25, 0.3) is 0 Å². The molecule has 1 aliphatic rings. The van der Waals surface area contributed by atoms with Crippen molar-refractivity contribution in [3.05, 3.63) is 12.2 Å². The number of aliphatic carboxylic acids is 1. The summed E-state index contributed by atoms with van der Waals surface area (Å²) in [6, 6.07) is 0. The second-order valence-corrected chi connectivity index (χ2v) is 3.15. The first-order valence-electron chi connectivity index (χ1n) is 4.12. The average Bonchev–Trinajstić information content (AvgIpc) is 2.00. The first-order chi connectivity index (χ1) is 6.13. The van der Waals surface area contributed by atoms with Crippen molar-refractivity contribution in [3.8, 4) is 0 Å². The van der Waals surface area contributed by atoms with Gasteiger partial charge in [0.25, 0.3) is 0 Å². The van der Waals surface area contributed by atoms with Gasteiger partial charge in [-0.15, -0.1) is 0 Å². The molecule has 0 spiro atoms. The van der Waals surface area contributed by atoms with Crippen LogP contribution in [0.1, 0.15) is 12.8 Å². The molecule has 0 aromatic heterocycles. The van der Waals surface area contributed by atoms with E-state index >= 15 is 0 Å². The lowest BCUT2D eigenvalue weighted by atomic mass is 9.75. The Labute approximate surface area is 76.2 Å². The van der Waals surface area contributed by atoms with Gasteiger partial charge in [0.05, 0.1) is 13.0 Å². The summed E-state index contributed by atoms with van der Waals surface area (Å²) in [5.74, 6) is -1.14. The number of ether oxygens (including phenoxy) is 1. The van der Waals surface area contributed by atoms with Crippen LogP contribution in [-0.2, 0) is 14.3 Å². The van der Waals surface area contributed by atoms with Gasteiger partial charge in [0.2, 0.25) is 0 Å². The molecule has 4 nitrogen and oxygen atoms in total. The molecule has 1 fully saturated rings. The Morgan fingerprint density at radius 2 is 2.08 bits per heavy atom. The van der Waals surface area contributed by atoms with E-state index in [0.717, 1.165) is 0 Å². The number of methoxy groups -OCH3 is 1. The zero-order valence-electron chi connectivity index (χ0n) is 7.40. The number of allylic oxidation sites excluding steroid dienone is 1. The molecule has 1 saturated carbocycles. The van der Waals surface area contributed by atoms with E-state index in [1.165, 1.54) is 13.2 Å². The van der Waals surface area contributed by atoms with E-state index in [0.29, 0.717) is 12.8 Å². The Kier molecular flexibility index (Phi) is 3.06. The van der Waals surface area contributed by atoms with Crippen molar-refractivity contribution in [2.45, 2.75) is 12.8 Å². The fourth-order valence-electron chi connectivity index (χ4n) is 1.30. The van der Waals surface area contributed by atoms with Crippen LogP contribution in [0.2, 0.25) is 0 Å². The molecule has 0 aliphatic heterocycles. The predicted molar refractivity (Wildman–Crippen MR) is 45.0 cm³/mol. The van der Waals surface area contributed by atoms with Gasteiger partial charge < -0.3 is 9.84 Å². The molecule has 0 saturated heterocycles. The lowest BCUT2D eigenvalue weighted by molar-refractivity contribution is -0.145. The van der Waals surface area contributed by atoms with Gasteiger partial charge in [0, 0.05) is 6.08 Å². The molecule has 0 bridgehead atoms. The van der Waals surface area contributed by atoms with Gasteiger partial charge in [-0.2, -0.15) is 0 Å². The summed E-state index contributed by atoms with van der Waals surface area (Å²) in [6.45, 7) is 0. The Bertz CT molecular complexity index is 238. The van der Waals surface area contributed by atoms with Crippen LogP contribution in [0.4, 0.5) is 0 Å². The lowest BCUT2D eigenvalue weighted by Gasteiger charge is -2.29. The topological polar surface area (TPSA) is 63.6 Å². The van der Waals surface area contributed by atoms with E-state index in [4.69, 9.17) is 5.11 Å². The molecule has 1 aliphatic carbocycles. The van der Waals surface area contributed by atoms with Crippen molar-refractivity contribution in [3.63, 3.8) is 0 Å². The molecule has 1 rings (SSSR count). The molecular formula is C9H12O4. The molecule has 0 radical (unpaired) electrons. The highest BCUT2D eigenvalue weighted by Gasteiger charge is 2.32. The molecule has 0 aromatic rings. The van der Waals surface area contributed by atoms with Gasteiger partial charge >= 0.3 is 11.9 Å². The van der Waals surface area contributed by atoms with Crippen LogP contribution in [0.3, 0.4) is 0 Å². The number of rotatable bonds is 3. The number of carboxylic acids is 1. The van der Waals surface area contributed by atoms with E-state index in [-0.39, 0.29) is 11.8 Å². The van der Waals surface area contributed by atoms with E-state index in [1.54, 1.807) is 6.08 Å². The van der Waals surface area contributed by atoms with Crippen LogP contribution >= 0.6 is 0 Å². The van der Waals surface area contributed by atoms with E-state index in [1.807, 2.05) is 0 Å². The van der Waals surface area contributed by atoms with Gasteiger partial charge in [-0.05, 0) is 18.8 Å².